The number of para-hydroxylation sites is 2. The van der Waals surface area contributed by atoms with E-state index < -0.39 is 32.2 Å². The fourth-order valence-electron chi connectivity index (χ4n) is 5.40. The van der Waals surface area contributed by atoms with E-state index in [4.69, 9.17) is 9.15 Å². The second-order valence-corrected chi connectivity index (χ2v) is 13.2. The highest BCUT2D eigenvalue weighted by Gasteiger charge is 2.32. The van der Waals surface area contributed by atoms with Crippen LogP contribution in [0.4, 0.5) is 11.4 Å². The van der Waals surface area contributed by atoms with Gasteiger partial charge in [0.15, 0.2) is 6.23 Å². The molecular formula is C29H28N2O8S2. The van der Waals surface area contributed by atoms with Gasteiger partial charge in [0, 0.05) is 47.4 Å². The maximum atomic E-state index is 11.5. The first-order valence-electron chi connectivity index (χ1n) is 13.1. The topological polar surface area (TPSA) is 138 Å². The van der Waals surface area contributed by atoms with Crippen molar-refractivity contribution in [3.05, 3.63) is 84.1 Å². The van der Waals surface area contributed by atoms with Crippen molar-refractivity contribution in [2.24, 2.45) is 0 Å². The summed E-state index contributed by atoms with van der Waals surface area (Å²) in [6, 6.07) is 19.2. The van der Waals surface area contributed by atoms with E-state index in [1.807, 2.05) is 88.7 Å². The van der Waals surface area contributed by atoms with Crippen molar-refractivity contribution in [2.75, 3.05) is 34.4 Å². The molecule has 2 aliphatic heterocycles. The van der Waals surface area contributed by atoms with Crippen molar-refractivity contribution >= 4 is 59.6 Å². The zero-order valence-corrected chi connectivity index (χ0v) is 23.5. The molecule has 12 heteroatoms. The molecule has 0 aliphatic carbocycles. The Labute approximate surface area is 237 Å². The minimum atomic E-state index is -4.14. The van der Waals surface area contributed by atoms with Gasteiger partial charge in [-0.25, -0.2) is 0 Å². The molecule has 6 rings (SSSR count). The van der Waals surface area contributed by atoms with E-state index >= 15 is 0 Å². The lowest BCUT2D eigenvalue weighted by Crippen LogP contribution is -2.36. The van der Waals surface area contributed by atoms with E-state index in [0.717, 1.165) is 39.0 Å². The average Bonchev–Trinajstić information content (AvgIpc) is 3.44. The van der Waals surface area contributed by atoms with Crippen LogP contribution in [0, 0.1) is 0 Å². The van der Waals surface area contributed by atoms with Gasteiger partial charge in [-0.05, 0) is 42.7 Å². The molecule has 0 radical (unpaired) electrons. The first-order chi connectivity index (χ1) is 19.6. The fourth-order valence-corrected chi connectivity index (χ4v) is 6.39. The van der Waals surface area contributed by atoms with Crippen LogP contribution in [0.25, 0.3) is 28.0 Å². The number of fused-ring (bicyclic) bond motifs is 5. The summed E-state index contributed by atoms with van der Waals surface area (Å²) in [5.74, 6) is -0.164. The van der Waals surface area contributed by atoms with Gasteiger partial charge in [-0.3, -0.25) is 9.11 Å². The number of furan rings is 1. The molecule has 10 nitrogen and oxygen atoms in total. The molecule has 2 aliphatic rings. The standard InChI is InChI=1S/C29H28N2O8S2/c32-40(33,34)15-5-13-30-21(12-11-20-7-1-3-9-24(20)30)17-29-31(14-6-16-41(35,36)37)25-19-27-23(18-28(25)39-29)22-8-2-4-10-26(22)38-27/h1-4,7-12,17-19,29H,5-6,13-16H2,(H,32,33,34)(H,35,36,37). The van der Waals surface area contributed by atoms with Gasteiger partial charge in [0.2, 0.25) is 0 Å². The molecule has 0 amide bonds. The van der Waals surface area contributed by atoms with Crippen LogP contribution in [0.1, 0.15) is 18.4 Å². The zero-order chi connectivity index (χ0) is 28.8. The molecule has 1 atom stereocenters. The summed E-state index contributed by atoms with van der Waals surface area (Å²) in [5.41, 5.74) is 4.74. The van der Waals surface area contributed by atoms with E-state index in [0.29, 0.717) is 17.9 Å². The Bertz CT molecular complexity index is 1910. The minimum Gasteiger partial charge on any atom is -0.465 e. The number of nitrogens with zero attached hydrogens (tertiary/aromatic N) is 2. The molecule has 41 heavy (non-hydrogen) atoms. The van der Waals surface area contributed by atoms with Gasteiger partial charge in [-0.15, -0.1) is 0 Å². The first-order valence-corrected chi connectivity index (χ1v) is 16.3. The lowest BCUT2D eigenvalue weighted by atomic mass is 10.0. The molecular weight excluding hydrogens is 568 g/mol. The summed E-state index contributed by atoms with van der Waals surface area (Å²) >= 11 is 0. The molecule has 4 aromatic rings. The largest absolute Gasteiger partial charge is 0.465 e. The smallest absolute Gasteiger partial charge is 0.264 e. The van der Waals surface area contributed by atoms with Gasteiger partial charge in [-0.1, -0.05) is 42.5 Å². The van der Waals surface area contributed by atoms with Gasteiger partial charge in [0.05, 0.1) is 17.2 Å². The van der Waals surface area contributed by atoms with Crippen LogP contribution in [0.2, 0.25) is 0 Å². The molecule has 1 aromatic heterocycles. The van der Waals surface area contributed by atoms with Gasteiger partial charge >= 0.3 is 0 Å². The Morgan fingerprint density at radius 1 is 0.780 bits per heavy atom. The number of anilines is 2. The third kappa shape index (κ3) is 5.82. The lowest BCUT2D eigenvalue weighted by molar-refractivity contribution is 0.272. The number of rotatable bonds is 9. The van der Waals surface area contributed by atoms with Crippen molar-refractivity contribution in [1.29, 1.82) is 0 Å². The third-order valence-electron chi connectivity index (χ3n) is 7.19. The van der Waals surface area contributed by atoms with E-state index in [9.17, 15) is 25.9 Å². The number of hydrogen-bond acceptors (Lipinski definition) is 8. The second kappa shape index (κ2) is 10.5. The number of ether oxygens (including phenoxy) is 1. The zero-order valence-electron chi connectivity index (χ0n) is 21.9. The molecule has 0 spiro atoms. The molecule has 0 fully saturated rings. The van der Waals surface area contributed by atoms with E-state index in [-0.39, 0.29) is 25.1 Å². The van der Waals surface area contributed by atoms with Crippen LogP contribution >= 0.6 is 0 Å². The van der Waals surface area contributed by atoms with E-state index in [1.54, 1.807) is 0 Å². The number of allylic oxidation sites excluding steroid dienone is 1. The molecule has 214 valence electrons. The Morgan fingerprint density at radius 2 is 1.49 bits per heavy atom. The highest BCUT2D eigenvalue weighted by molar-refractivity contribution is 7.86. The maximum Gasteiger partial charge on any atom is 0.264 e. The number of hydrogen-bond donors (Lipinski definition) is 2. The Kier molecular flexibility index (Phi) is 7.02. The van der Waals surface area contributed by atoms with Crippen LogP contribution in [-0.4, -0.2) is 56.8 Å². The van der Waals surface area contributed by atoms with E-state index in [1.165, 1.54) is 0 Å². The molecule has 1 unspecified atom stereocenters. The summed E-state index contributed by atoms with van der Waals surface area (Å²) in [4.78, 5) is 3.90. The highest BCUT2D eigenvalue weighted by atomic mass is 32.2. The Morgan fingerprint density at radius 3 is 2.27 bits per heavy atom. The molecule has 3 aromatic carbocycles. The first kappa shape index (κ1) is 27.3. The molecule has 0 saturated carbocycles. The summed E-state index contributed by atoms with van der Waals surface area (Å²) in [7, 11) is -8.26. The normalized spacial score (nSPS) is 17.8. The minimum absolute atomic E-state index is 0.163. The maximum absolute atomic E-state index is 11.5. The fraction of sp³-hybridized carbons (Fsp3) is 0.241. The van der Waals surface area contributed by atoms with Gasteiger partial charge < -0.3 is 19.0 Å². The summed E-state index contributed by atoms with van der Waals surface area (Å²) in [5, 5.41) is 1.84. The van der Waals surface area contributed by atoms with Gasteiger partial charge in [0.1, 0.15) is 16.9 Å². The monoisotopic (exact) mass is 596 g/mol. The SMILES string of the molecule is O=S(=O)(O)CCCN1C(=CC2Oc3cc4c(cc3N2CCCS(=O)(=O)O)oc2ccccc24)C=Cc2ccccc21. The predicted molar refractivity (Wildman–Crippen MR) is 158 cm³/mol. The molecule has 3 heterocycles. The lowest BCUT2D eigenvalue weighted by Gasteiger charge is -2.32. The summed E-state index contributed by atoms with van der Waals surface area (Å²) in [6.07, 6.45) is 5.51. The van der Waals surface area contributed by atoms with Crippen LogP contribution < -0.4 is 14.5 Å². The average molecular weight is 597 g/mol. The van der Waals surface area contributed by atoms with Crippen molar-refractivity contribution in [1.82, 2.24) is 0 Å². The molecule has 2 N–H and O–H groups in total. The highest BCUT2D eigenvalue weighted by Crippen LogP contribution is 2.44. The number of benzene rings is 3. The Hall–Kier alpha value is -3.84. The van der Waals surface area contributed by atoms with Crippen molar-refractivity contribution in [3.8, 4) is 5.75 Å². The van der Waals surface area contributed by atoms with Crippen LogP contribution in [0.3, 0.4) is 0 Å². The second-order valence-electron chi connectivity index (χ2n) is 10.0. The predicted octanol–water partition coefficient (Wildman–Crippen LogP) is 5.08. The van der Waals surface area contributed by atoms with Gasteiger partial charge in [0.25, 0.3) is 20.2 Å². The quantitative estimate of drug-likeness (QED) is 0.252. The summed E-state index contributed by atoms with van der Waals surface area (Å²) < 4.78 is 76.8. The van der Waals surface area contributed by atoms with Crippen LogP contribution in [0.5, 0.6) is 5.75 Å². The summed E-state index contributed by atoms with van der Waals surface area (Å²) in [6.45, 7) is 0.602. The molecule has 0 saturated heterocycles. The Balaban J connectivity index is 1.37. The molecule has 0 bridgehead atoms. The van der Waals surface area contributed by atoms with E-state index in [2.05, 4.69) is 0 Å². The van der Waals surface area contributed by atoms with Crippen LogP contribution in [0.15, 0.2) is 82.9 Å². The van der Waals surface area contributed by atoms with Crippen molar-refractivity contribution in [2.45, 2.75) is 19.1 Å². The van der Waals surface area contributed by atoms with Crippen molar-refractivity contribution in [3.63, 3.8) is 0 Å². The van der Waals surface area contributed by atoms with Crippen molar-refractivity contribution < 1.29 is 35.1 Å². The van der Waals surface area contributed by atoms with Crippen LogP contribution in [-0.2, 0) is 20.2 Å². The third-order valence-corrected chi connectivity index (χ3v) is 8.80. The van der Waals surface area contributed by atoms with Gasteiger partial charge in [-0.2, -0.15) is 16.8 Å².